The number of aromatic nitrogens is 3. The zero-order valence-electron chi connectivity index (χ0n) is 11.7. The fourth-order valence-corrected chi connectivity index (χ4v) is 2.09. The Morgan fingerprint density at radius 3 is 2.68 bits per heavy atom. The van der Waals surface area contributed by atoms with Crippen LogP contribution in [0.2, 0.25) is 0 Å². The molecule has 0 spiro atoms. The van der Waals surface area contributed by atoms with E-state index in [1.165, 1.54) is 18.0 Å². The number of nitrogens with zero attached hydrogens (tertiary/aromatic N) is 3. The van der Waals surface area contributed by atoms with Gasteiger partial charge in [0.2, 0.25) is 0 Å². The average molecular weight is 299 g/mol. The number of phenols is 1. The second-order valence-corrected chi connectivity index (χ2v) is 4.67. The minimum Gasteiger partial charge on any atom is -0.506 e. The van der Waals surface area contributed by atoms with Crippen molar-refractivity contribution >= 4 is 17.0 Å². The van der Waals surface area contributed by atoms with Crippen LogP contribution in [0.25, 0.3) is 16.7 Å². The molecule has 7 heteroatoms. The predicted octanol–water partition coefficient (Wildman–Crippen LogP) is 1.40. The van der Waals surface area contributed by atoms with Crippen molar-refractivity contribution in [3.8, 4) is 11.4 Å². The molecule has 22 heavy (non-hydrogen) atoms. The molecule has 3 rings (SSSR count). The molecule has 1 aromatic heterocycles. The van der Waals surface area contributed by atoms with E-state index in [4.69, 9.17) is 0 Å². The molecule has 2 N–H and O–H groups in total. The first-order chi connectivity index (χ1) is 10.6. The van der Waals surface area contributed by atoms with Crippen molar-refractivity contribution in [2.45, 2.75) is 6.61 Å². The van der Waals surface area contributed by atoms with Gasteiger partial charge < -0.3 is 14.9 Å². The number of aliphatic hydroxyl groups is 1. The summed E-state index contributed by atoms with van der Waals surface area (Å²) in [5.74, 6) is -0.465. The van der Waals surface area contributed by atoms with Crippen molar-refractivity contribution in [3.63, 3.8) is 0 Å². The number of methoxy groups -OCH3 is 1. The second kappa shape index (κ2) is 5.45. The van der Waals surface area contributed by atoms with Crippen LogP contribution in [0.1, 0.15) is 15.9 Å². The summed E-state index contributed by atoms with van der Waals surface area (Å²) in [5.41, 5.74) is 2.42. The highest BCUT2D eigenvalue weighted by atomic mass is 16.5. The standard InChI is InChI=1S/C15H13N3O4/c1-22-15(21)10-3-4-11-12(7-10)17-18(16-11)13-6-9(8-19)2-5-14(13)20/h2-7,19-20H,8H2,1H3. The van der Waals surface area contributed by atoms with Crippen molar-refractivity contribution in [2.75, 3.05) is 7.11 Å². The minimum atomic E-state index is -0.457. The Morgan fingerprint density at radius 2 is 1.95 bits per heavy atom. The lowest BCUT2D eigenvalue weighted by Crippen LogP contribution is -2.00. The number of aromatic hydroxyl groups is 1. The molecule has 0 fully saturated rings. The van der Waals surface area contributed by atoms with E-state index in [1.807, 2.05) is 0 Å². The minimum absolute atomic E-state index is 0.00861. The number of hydrogen-bond donors (Lipinski definition) is 2. The van der Waals surface area contributed by atoms with Gasteiger partial charge >= 0.3 is 5.97 Å². The molecule has 112 valence electrons. The average Bonchev–Trinajstić information content (AvgIpc) is 2.97. The van der Waals surface area contributed by atoms with Crippen LogP contribution >= 0.6 is 0 Å². The van der Waals surface area contributed by atoms with Crippen molar-refractivity contribution in [1.82, 2.24) is 15.0 Å². The summed E-state index contributed by atoms with van der Waals surface area (Å²) in [7, 11) is 1.31. The molecule has 0 aliphatic rings. The maximum Gasteiger partial charge on any atom is 0.337 e. The summed E-state index contributed by atoms with van der Waals surface area (Å²) in [6.07, 6.45) is 0. The molecule has 0 aliphatic carbocycles. The summed E-state index contributed by atoms with van der Waals surface area (Å²) in [6.45, 7) is -0.152. The maximum absolute atomic E-state index is 11.5. The van der Waals surface area contributed by atoms with Gasteiger partial charge in [-0.15, -0.1) is 15.0 Å². The van der Waals surface area contributed by atoms with E-state index < -0.39 is 5.97 Å². The highest BCUT2D eigenvalue weighted by molar-refractivity contribution is 5.93. The van der Waals surface area contributed by atoms with E-state index in [9.17, 15) is 15.0 Å². The van der Waals surface area contributed by atoms with Gasteiger partial charge in [-0.2, -0.15) is 0 Å². The van der Waals surface area contributed by atoms with Crippen LogP contribution in [0.5, 0.6) is 5.75 Å². The van der Waals surface area contributed by atoms with Gasteiger partial charge in [-0.05, 0) is 35.9 Å². The van der Waals surface area contributed by atoms with E-state index in [1.54, 1.807) is 30.3 Å². The molecule has 0 bridgehead atoms. The fourth-order valence-electron chi connectivity index (χ4n) is 2.09. The third-order valence-electron chi connectivity index (χ3n) is 3.24. The van der Waals surface area contributed by atoms with E-state index in [2.05, 4.69) is 14.9 Å². The number of rotatable bonds is 3. The Balaban J connectivity index is 2.11. The Morgan fingerprint density at radius 1 is 1.18 bits per heavy atom. The van der Waals surface area contributed by atoms with Gasteiger partial charge in [0.1, 0.15) is 22.5 Å². The van der Waals surface area contributed by atoms with Gasteiger partial charge in [-0.25, -0.2) is 4.79 Å². The van der Waals surface area contributed by atoms with Gasteiger partial charge in [0.05, 0.1) is 19.3 Å². The zero-order valence-corrected chi connectivity index (χ0v) is 11.7. The van der Waals surface area contributed by atoms with Gasteiger partial charge in [-0.3, -0.25) is 0 Å². The number of esters is 1. The van der Waals surface area contributed by atoms with Crippen LogP contribution in [-0.2, 0) is 11.3 Å². The second-order valence-electron chi connectivity index (χ2n) is 4.67. The molecule has 0 unspecified atom stereocenters. The predicted molar refractivity (Wildman–Crippen MR) is 77.8 cm³/mol. The quantitative estimate of drug-likeness (QED) is 0.710. The lowest BCUT2D eigenvalue weighted by atomic mass is 10.2. The van der Waals surface area contributed by atoms with Crippen LogP contribution in [-0.4, -0.2) is 38.3 Å². The van der Waals surface area contributed by atoms with E-state index in [-0.39, 0.29) is 12.4 Å². The van der Waals surface area contributed by atoms with Crippen LogP contribution < -0.4 is 0 Å². The largest absolute Gasteiger partial charge is 0.506 e. The van der Waals surface area contributed by atoms with Crippen molar-refractivity contribution in [2.24, 2.45) is 0 Å². The first-order valence-electron chi connectivity index (χ1n) is 6.51. The molecule has 0 saturated heterocycles. The van der Waals surface area contributed by atoms with E-state index in [0.29, 0.717) is 27.8 Å². The number of hydrogen-bond acceptors (Lipinski definition) is 6. The molecule has 0 saturated carbocycles. The lowest BCUT2D eigenvalue weighted by molar-refractivity contribution is 0.0601. The van der Waals surface area contributed by atoms with Gasteiger partial charge in [0, 0.05) is 0 Å². The smallest absolute Gasteiger partial charge is 0.337 e. The summed E-state index contributed by atoms with van der Waals surface area (Å²) in [4.78, 5) is 12.8. The Labute approximate surface area is 125 Å². The Bertz CT molecular complexity index is 857. The van der Waals surface area contributed by atoms with Gasteiger partial charge in [-0.1, -0.05) is 6.07 Å². The summed E-state index contributed by atoms with van der Waals surface area (Å²) in [5, 5.41) is 27.6. The van der Waals surface area contributed by atoms with Crippen molar-refractivity contribution in [3.05, 3.63) is 47.5 Å². The number of aliphatic hydroxyl groups excluding tert-OH is 1. The van der Waals surface area contributed by atoms with E-state index in [0.717, 1.165) is 0 Å². The number of ether oxygens (including phenoxy) is 1. The van der Waals surface area contributed by atoms with Crippen LogP contribution in [0.4, 0.5) is 0 Å². The molecule has 1 heterocycles. The van der Waals surface area contributed by atoms with E-state index >= 15 is 0 Å². The Kier molecular flexibility index (Phi) is 3.48. The lowest BCUT2D eigenvalue weighted by Gasteiger charge is -2.04. The molecule has 0 radical (unpaired) electrons. The topological polar surface area (TPSA) is 97.5 Å². The van der Waals surface area contributed by atoms with Crippen LogP contribution in [0, 0.1) is 0 Å². The number of phenolic OH excluding ortho intramolecular Hbond substituents is 1. The Hall–Kier alpha value is -2.93. The highest BCUT2D eigenvalue weighted by Gasteiger charge is 2.12. The molecule has 2 aromatic carbocycles. The normalized spacial score (nSPS) is 10.8. The SMILES string of the molecule is COC(=O)c1ccc2nn(-c3cc(CO)ccc3O)nc2c1. The van der Waals surface area contributed by atoms with Crippen molar-refractivity contribution < 1.29 is 19.7 Å². The third kappa shape index (κ3) is 2.38. The highest BCUT2D eigenvalue weighted by Crippen LogP contribution is 2.23. The molecule has 0 atom stereocenters. The third-order valence-corrected chi connectivity index (χ3v) is 3.24. The summed E-state index contributed by atoms with van der Waals surface area (Å²) < 4.78 is 4.66. The number of carbonyl (C=O) groups is 1. The molecular weight excluding hydrogens is 286 g/mol. The monoisotopic (exact) mass is 299 g/mol. The van der Waals surface area contributed by atoms with Gasteiger partial charge in [0.15, 0.2) is 0 Å². The number of fused-ring (bicyclic) bond motifs is 1. The molecule has 0 aliphatic heterocycles. The van der Waals surface area contributed by atoms with Crippen LogP contribution in [0.15, 0.2) is 36.4 Å². The number of carbonyl (C=O) groups excluding carboxylic acids is 1. The first-order valence-corrected chi connectivity index (χ1v) is 6.51. The maximum atomic E-state index is 11.5. The van der Waals surface area contributed by atoms with Crippen molar-refractivity contribution in [1.29, 1.82) is 0 Å². The number of benzene rings is 2. The fraction of sp³-hybridized carbons (Fsp3) is 0.133. The van der Waals surface area contributed by atoms with Gasteiger partial charge in [0.25, 0.3) is 0 Å². The molecular formula is C15H13N3O4. The zero-order chi connectivity index (χ0) is 15.7. The first kappa shape index (κ1) is 14.0. The summed E-state index contributed by atoms with van der Waals surface area (Å²) in [6, 6.07) is 9.48. The summed E-state index contributed by atoms with van der Waals surface area (Å²) >= 11 is 0. The molecule has 0 amide bonds. The van der Waals surface area contributed by atoms with Crippen LogP contribution in [0.3, 0.4) is 0 Å². The molecule has 7 nitrogen and oxygen atoms in total. The molecule has 3 aromatic rings.